The van der Waals surface area contributed by atoms with E-state index in [1.165, 1.54) is 0 Å². The molecule has 94 valence electrons. The summed E-state index contributed by atoms with van der Waals surface area (Å²) in [7, 11) is 0. The molecule has 0 radical (unpaired) electrons. The largest absolute Gasteiger partial charge is 0.481 e. The van der Waals surface area contributed by atoms with Gasteiger partial charge in [0.1, 0.15) is 0 Å². The number of benzene rings is 1. The van der Waals surface area contributed by atoms with Gasteiger partial charge in [-0.25, -0.2) is 0 Å². The van der Waals surface area contributed by atoms with Crippen LogP contribution in [0.2, 0.25) is 0 Å². The van der Waals surface area contributed by atoms with Crippen LogP contribution in [0.1, 0.15) is 38.4 Å². The number of carboxylic acid groups (broad SMARTS) is 1. The highest BCUT2D eigenvalue weighted by Gasteiger charge is 2.25. The predicted octanol–water partition coefficient (Wildman–Crippen LogP) is 3.37. The van der Waals surface area contributed by atoms with Gasteiger partial charge < -0.3 is 10.2 Å². The average Bonchev–Trinajstić information content (AvgIpc) is 2.15. The van der Waals surface area contributed by atoms with Crippen molar-refractivity contribution < 1.29 is 15.0 Å². The van der Waals surface area contributed by atoms with Gasteiger partial charge in [0.25, 0.3) is 0 Å². The first kappa shape index (κ1) is 14.2. The number of hydrogen-bond donors (Lipinski definition) is 2. The van der Waals surface area contributed by atoms with Gasteiger partial charge in [0.05, 0.1) is 12.5 Å². The van der Waals surface area contributed by atoms with Crippen LogP contribution in [0.5, 0.6) is 0 Å². The first-order valence-corrected chi connectivity index (χ1v) is 6.25. The molecule has 17 heavy (non-hydrogen) atoms. The maximum absolute atomic E-state index is 10.7. The molecule has 4 heteroatoms. The van der Waals surface area contributed by atoms with E-state index in [-0.39, 0.29) is 6.42 Å². The SMILES string of the molecule is CC(C)(CC(=O)O)CC(O)c1ccc(Br)cc1. The standard InChI is InChI=1S/C13H17BrO3/c1-13(2,8-12(16)17)7-11(15)9-3-5-10(14)6-4-9/h3-6,11,15H,7-8H2,1-2H3,(H,16,17). The third kappa shape index (κ3) is 4.88. The van der Waals surface area contributed by atoms with Crippen LogP contribution in [0.4, 0.5) is 0 Å². The maximum Gasteiger partial charge on any atom is 0.303 e. The highest BCUT2D eigenvalue weighted by atomic mass is 79.9. The molecule has 0 fully saturated rings. The second-order valence-electron chi connectivity index (χ2n) is 5.01. The number of carboxylic acids is 1. The molecule has 0 aromatic heterocycles. The van der Waals surface area contributed by atoms with E-state index in [1.807, 2.05) is 38.1 Å². The molecule has 0 saturated carbocycles. The summed E-state index contributed by atoms with van der Waals surface area (Å²) in [6, 6.07) is 7.41. The van der Waals surface area contributed by atoms with Crippen LogP contribution >= 0.6 is 15.9 Å². The molecule has 0 spiro atoms. The molecule has 3 nitrogen and oxygen atoms in total. The summed E-state index contributed by atoms with van der Waals surface area (Å²) >= 11 is 3.33. The molecule has 1 aromatic carbocycles. The summed E-state index contributed by atoms with van der Waals surface area (Å²) in [4.78, 5) is 10.7. The normalized spacial score (nSPS) is 13.4. The molecule has 0 aliphatic heterocycles. The molecule has 0 aliphatic rings. The van der Waals surface area contributed by atoms with E-state index in [1.54, 1.807) is 0 Å². The molecule has 1 atom stereocenters. The van der Waals surface area contributed by atoms with Crippen molar-refractivity contribution in [3.63, 3.8) is 0 Å². The molecular weight excluding hydrogens is 284 g/mol. The van der Waals surface area contributed by atoms with Crippen LogP contribution in [-0.4, -0.2) is 16.2 Å². The minimum atomic E-state index is -0.835. The van der Waals surface area contributed by atoms with E-state index >= 15 is 0 Å². The van der Waals surface area contributed by atoms with Crippen LogP contribution in [-0.2, 0) is 4.79 Å². The number of hydrogen-bond acceptors (Lipinski definition) is 2. The molecule has 2 N–H and O–H groups in total. The zero-order chi connectivity index (χ0) is 13.1. The molecular formula is C13H17BrO3. The molecule has 1 aromatic rings. The minimum absolute atomic E-state index is 0.0561. The summed E-state index contributed by atoms with van der Waals surface area (Å²) in [5.41, 5.74) is 0.393. The van der Waals surface area contributed by atoms with Crippen LogP contribution in [0.3, 0.4) is 0 Å². The Kier molecular flexibility index (Phi) is 4.71. The monoisotopic (exact) mass is 300 g/mol. The quantitative estimate of drug-likeness (QED) is 0.876. The van der Waals surface area contributed by atoms with Gasteiger partial charge in [0, 0.05) is 4.47 Å². The summed E-state index contributed by atoms with van der Waals surface area (Å²) in [5, 5.41) is 18.8. The molecule has 0 saturated heterocycles. The van der Waals surface area contributed by atoms with Crippen molar-refractivity contribution in [3.05, 3.63) is 34.3 Å². The van der Waals surface area contributed by atoms with Crippen LogP contribution in [0.25, 0.3) is 0 Å². The predicted molar refractivity (Wildman–Crippen MR) is 69.8 cm³/mol. The lowest BCUT2D eigenvalue weighted by molar-refractivity contribution is -0.139. The van der Waals surface area contributed by atoms with Crippen LogP contribution in [0, 0.1) is 5.41 Å². The number of carbonyl (C=O) groups is 1. The smallest absolute Gasteiger partial charge is 0.303 e. The van der Waals surface area contributed by atoms with E-state index in [2.05, 4.69) is 15.9 Å². The molecule has 1 rings (SSSR count). The average molecular weight is 301 g/mol. The van der Waals surface area contributed by atoms with E-state index in [4.69, 9.17) is 5.11 Å². The first-order valence-electron chi connectivity index (χ1n) is 5.45. The van der Waals surface area contributed by atoms with Gasteiger partial charge in [-0.15, -0.1) is 0 Å². The Labute approximate surface area is 110 Å². The van der Waals surface area contributed by atoms with Gasteiger partial charge in [-0.2, -0.15) is 0 Å². The molecule has 0 heterocycles. The maximum atomic E-state index is 10.7. The lowest BCUT2D eigenvalue weighted by Gasteiger charge is -2.25. The topological polar surface area (TPSA) is 57.5 Å². The number of aliphatic hydroxyl groups excluding tert-OH is 1. The molecule has 1 unspecified atom stereocenters. The second kappa shape index (κ2) is 5.65. The zero-order valence-electron chi connectivity index (χ0n) is 9.98. The second-order valence-corrected chi connectivity index (χ2v) is 5.92. The van der Waals surface area contributed by atoms with Gasteiger partial charge in [-0.3, -0.25) is 4.79 Å². The molecule has 0 aliphatic carbocycles. The van der Waals surface area contributed by atoms with Gasteiger partial charge in [-0.1, -0.05) is 41.9 Å². The summed E-state index contributed by atoms with van der Waals surface area (Å²) in [5.74, 6) is -0.835. The Hall–Kier alpha value is -0.870. The Morgan fingerprint density at radius 2 is 1.88 bits per heavy atom. The summed E-state index contributed by atoms with van der Waals surface area (Å²) in [6.07, 6.45) is -0.140. The van der Waals surface area contributed by atoms with Crippen LogP contribution < -0.4 is 0 Å². The van der Waals surface area contributed by atoms with Crippen molar-refractivity contribution in [1.82, 2.24) is 0 Å². The van der Waals surface area contributed by atoms with Gasteiger partial charge in [0.2, 0.25) is 0 Å². The first-order chi connectivity index (χ1) is 7.80. The number of halogens is 1. The van der Waals surface area contributed by atoms with Crippen molar-refractivity contribution >= 4 is 21.9 Å². The van der Waals surface area contributed by atoms with Crippen molar-refractivity contribution in [1.29, 1.82) is 0 Å². The number of aliphatic hydroxyl groups is 1. The minimum Gasteiger partial charge on any atom is -0.481 e. The fraction of sp³-hybridized carbons (Fsp3) is 0.462. The van der Waals surface area contributed by atoms with Crippen molar-refractivity contribution in [2.45, 2.75) is 32.8 Å². The highest BCUT2D eigenvalue weighted by Crippen LogP contribution is 2.33. The number of aliphatic carboxylic acids is 1. The Morgan fingerprint density at radius 3 is 2.35 bits per heavy atom. The fourth-order valence-electron chi connectivity index (χ4n) is 1.81. The van der Waals surface area contributed by atoms with Crippen molar-refractivity contribution in [2.24, 2.45) is 5.41 Å². The van der Waals surface area contributed by atoms with E-state index < -0.39 is 17.5 Å². The third-order valence-corrected chi connectivity index (χ3v) is 3.16. The molecule has 0 amide bonds. The van der Waals surface area contributed by atoms with Gasteiger partial charge in [0.15, 0.2) is 0 Å². The van der Waals surface area contributed by atoms with Crippen LogP contribution in [0.15, 0.2) is 28.7 Å². The molecule has 0 bridgehead atoms. The summed E-state index contributed by atoms with van der Waals surface area (Å²) < 4.78 is 0.957. The number of rotatable bonds is 5. The van der Waals surface area contributed by atoms with Gasteiger partial charge >= 0.3 is 5.97 Å². The fourth-order valence-corrected chi connectivity index (χ4v) is 2.07. The summed E-state index contributed by atoms with van der Waals surface area (Å²) in [6.45, 7) is 3.70. The highest BCUT2D eigenvalue weighted by molar-refractivity contribution is 9.10. The Morgan fingerprint density at radius 1 is 1.35 bits per heavy atom. The van der Waals surface area contributed by atoms with E-state index in [0.29, 0.717) is 6.42 Å². The van der Waals surface area contributed by atoms with Crippen molar-refractivity contribution in [3.8, 4) is 0 Å². The Balaban J connectivity index is 2.68. The lowest BCUT2D eigenvalue weighted by Crippen LogP contribution is -2.20. The Bertz CT molecular complexity index is 384. The lowest BCUT2D eigenvalue weighted by atomic mass is 9.82. The van der Waals surface area contributed by atoms with E-state index in [0.717, 1.165) is 10.0 Å². The van der Waals surface area contributed by atoms with Crippen molar-refractivity contribution in [2.75, 3.05) is 0 Å². The van der Waals surface area contributed by atoms with Gasteiger partial charge in [-0.05, 0) is 29.5 Å². The third-order valence-electron chi connectivity index (χ3n) is 2.63. The zero-order valence-corrected chi connectivity index (χ0v) is 11.6. The van der Waals surface area contributed by atoms with E-state index in [9.17, 15) is 9.90 Å².